The lowest BCUT2D eigenvalue weighted by molar-refractivity contribution is -0.389. The summed E-state index contributed by atoms with van der Waals surface area (Å²) >= 11 is 12.0. The number of aryl methyl sites for hydroxylation is 2. The van der Waals surface area contributed by atoms with Gasteiger partial charge < -0.3 is 15.4 Å². The van der Waals surface area contributed by atoms with Crippen LogP contribution in [0, 0.1) is 17.0 Å². The smallest absolute Gasteiger partial charge is 0.358 e. The molecule has 2 heterocycles. The Labute approximate surface area is 170 Å². The number of carbonyl (C=O) groups is 1. The minimum atomic E-state index is -0.583. The minimum absolute atomic E-state index is 0.109. The summed E-state index contributed by atoms with van der Waals surface area (Å²) in [5.41, 5.74) is 1.79. The van der Waals surface area contributed by atoms with Crippen LogP contribution in [0.2, 0.25) is 10.0 Å². The molecule has 0 fully saturated rings. The van der Waals surface area contributed by atoms with Crippen molar-refractivity contribution in [2.75, 3.05) is 5.32 Å². The molecule has 3 aromatic rings. The fourth-order valence-corrected chi connectivity index (χ4v) is 2.86. The second kappa shape index (κ2) is 8.41. The van der Waals surface area contributed by atoms with E-state index < -0.39 is 4.92 Å². The third-order valence-corrected chi connectivity index (χ3v) is 4.69. The van der Waals surface area contributed by atoms with Crippen LogP contribution in [0.4, 0.5) is 11.6 Å². The van der Waals surface area contributed by atoms with E-state index in [2.05, 4.69) is 15.5 Å². The van der Waals surface area contributed by atoms with E-state index in [0.29, 0.717) is 22.4 Å². The number of nitrogens with one attached hydrogen (secondary N) is 1. The molecule has 0 aliphatic rings. The number of rotatable bonds is 7. The highest BCUT2D eigenvalue weighted by Gasteiger charge is 2.13. The lowest BCUT2D eigenvalue weighted by atomic mass is 10.2. The first kappa shape index (κ1) is 19.8. The van der Waals surface area contributed by atoms with Crippen molar-refractivity contribution in [3.8, 4) is 0 Å². The molecule has 1 N–H and O–H groups in total. The average Bonchev–Trinajstić information content (AvgIpc) is 3.24. The standard InChI is InChI=1S/C17H16Cl2N6O3/c1-11-8-15(21-24(11)10-12-2-3-13(18)14(19)9-12)20-17(26)5-7-23-6-4-16(22-23)25(27)28/h2-4,6,8-9H,5,7,10H2,1H3,(H,20,21,26). The highest BCUT2D eigenvalue weighted by Crippen LogP contribution is 2.23. The summed E-state index contributed by atoms with van der Waals surface area (Å²) in [5.74, 6) is -0.0941. The Morgan fingerprint density at radius 3 is 2.68 bits per heavy atom. The van der Waals surface area contributed by atoms with Crippen LogP contribution in [0.1, 0.15) is 17.7 Å². The molecule has 2 aromatic heterocycles. The number of anilines is 1. The van der Waals surface area contributed by atoms with E-state index in [1.807, 2.05) is 13.0 Å². The first-order valence-electron chi connectivity index (χ1n) is 8.28. The van der Waals surface area contributed by atoms with Gasteiger partial charge in [0.1, 0.15) is 0 Å². The fourth-order valence-electron chi connectivity index (χ4n) is 2.54. The second-order valence-corrected chi connectivity index (χ2v) is 6.88. The topological polar surface area (TPSA) is 108 Å². The Morgan fingerprint density at radius 2 is 2.00 bits per heavy atom. The summed E-state index contributed by atoms with van der Waals surface area (Å²) in [7, 11) is 0. The Morgan fingerprint density at radius 1 is 1.21 bits per heavy atom. The number of amides is 1. The number of nitro groups is 1. The van der Waals surface area contributed by atoms with Gasteiger partial charge >= 0.3 is 5.82 Å². The maximum atomic E-state index is 12.1. The van der Waals surface area contributed by atoms with Gasteiger partial charge in [0.2, 0.25) is 5.91 Å². The van der Waals surface area contributed by atoms with Gasteiger partial charge in [0.15, 0.2) is 5.82 Å². The fraction of sp³-hybridized carbons (Fsp3) is 0.235. The quantitative estimate of drug-likeness (QED) is 0.461. The number of hydrogen-bond donors (Lipinski definition) is 1. The van der Waals surface area contributed by atoms with E-state index >= 15 is 0 Å². The maximum absolute atomic E-state index is 12.1. The second-order valence-electron chi connectivity index (χ2n) is 6.07. The Hall–Kier alpha value is -2.91. The summed E-state index contributed by atoms with van der Waals surface area (Å²) in [6, 6.07) is 8.39. The molecule has 146 valence electrons. The lowest BCUT2D eigenvalue weighted by Crippen LogP contribution is -2.15. The number of halogens is 2. The molecule has 0 spiro atoms. The first-order valence-corrected chi connectivity index (χ1v) is 9.03. The number of hydrogen-bond acceptors (Lipinski definition) is 5. The number of aromatic nitrogens is 4. The zero-order valence-electron chi connectivity index (χ0n) is 14.8. The first-order chi connectivity index (χ1) is 13.3. The number of benzene rings is 1. The molecule has 0 saturated carbocycles. The Kier molecular flexibility index (Phi) is 5.96. The molecule has 0 aliphatic carbocycles. The van der Waals surface area contributed by atoms with Crippen LogP contribution in [0.15, 0.2) is 36.5 Å². The number of nitrogens with zero attached hydrogens (tertiary/aromatic N) is 5. The Balaban J connectivity index is 1.58. The average molecular weight is 423 g/mol. The van der Waals surface area contributed by atoms with Crippen LogP contribution in [-0.4, -0.2) is 30.4 Å². The van der Waals surface area contributed by atoms with Gasteiger partial charge in [0.25, 0.3) is 0 Å². The van der Waals surface area contributed by atoms with Crippen LogP contribution in [0.25, 0.3) is 0 Å². The van der Waals surface area contributed by atoms with Crippen molar-refractivity contribution in [2.24, 2.45) is 0 Å². The normalized spacial score (nSPS) is 10.8. The predicted molar refractivity (Wildman–Crippen MR) is 105 cm³/mol. The molecule has 3 rings (SSSR count). The monoisotopic (exact) mass is 422 g/mol. The van der Waals surface area contributed by atoms with Crippen molar-refractivity contribution in [3.05, 3.63) is 67.9 Å². The molecule has 0 aliphatic heterocycles. The van der Waals surface area contributed by atoms with Gasteiger partial charge in [-0.05, 0) is 29.5 Å². The molecule has 0 atom stereocenters. The maximum Gasteiger partial charge on any atom is 0.389 e. The molecule has 0 saturated heterocycles. The highest BCUT2D eigenvalue weighted by molar-refractivity contribution is 6.42. The lowest BCUT2D eigenvalue weighted by Gasteiger charge is -2.06. The molecule has 11 heteroatoms. The van der Waals surface area contributed by atoms with Crippen LogP contribution in [0.3, 0.4) is 0 Å². The summed E-state index contributed by atoms with van der Waals surface area (Å²) < 4.78 is 3.10. The van der Waals surface area contributed by atoms with Gasteiger partial charge in [0, 0.05) is 18.2 Å². The molecule has 1 aromatic carbocycles. The van der Waals surface area contributed by atoms with E-state index in [9.17, 15) is 14.9 Å². The van der Waals surface area contributed by atoms with E-state index in [4.69, 9.17) is 23.2 Å². The van der Waals surface area contributed by atoms with Crippen molar-refractivity contribution in [1.82, 2.24) is 19.6 Å². The summed E-state index contributed by atoms with van der Waals surface area (Å²) in [4.78, 5) is 22.2. The van der Waals surface area contributed by atoms with E-state index in [0.717, 1.165) is 11.3 Å². The zero-order chi connectivity index (χ0) is 20.3. The molecular formula is C17H16Cl2N6O3. The molecule has 1 amide bonds. The molecule has 9 nitrogen and oxygen atoms in total. The Bertz CT molecular complexity index is 1030. The van der Waals surface area contributed by atoms with Crippen LogP contribution in [0.5, 0.6) is 0 Å². The van der Waals surface area contributed by atoms with Crippen LogP contribution >= 0.6 is 23.2 Å². The summed E-state index contributed by atoms with van der Waals surface area (Å²) in [5, 5.41) is 22.4. The van der Waals surface area contributed by atoms with Crippen molar-refractivity contribution >= 4 is 40.7 Å². The molecular weight excluding hydrogens is 407 g/mol. The van der Waals surface area contributed by atoms with Gasteiger partial charge in [-0.1, -0.05) is 29.3 Å². The summed E-state index contributed by atoms with van der Waals surface area (Å²) in [6.07, 6.45) is 1.57. The van der Waals surface area contributed by atoms with Crippen molar-refractivity contribution < 1.29 is 9.72 Å². The van der Waals surface area contributed by atoms with E-state index in [1.54, 1.807) is 22.9 Å². The molecule has 28 heavy (non-hydrogen) atoms. The largest absolute Gasteiger partial charge is 0.389 e. The third kappa shape index (κ3) is 4.87. The SMILES string of the molecule is Cc1cc(NC(=O)CCn2ccc([N+](=O)[O-])n2)nn1Cc1ccc(Cl)c(Cl)c1. The van der Waals surface area contributed by atoms with Crippen molar-refractivity contribution in [1.29, 1.82) is 0 Å². The van der Waals surface area contributed by atoms with Gasteiger partial charge in [-0.3, -0.25) is 9.48 Å². The minimum Gasteiger partial charge on any atom is -0.358 e. The third-order valence-electron chi connectivity index (χ3n) is 3.95. The zero-order valence-corrected chi connectivity index (χ0v) is 16.3. The van der Waals surface area contributed by atoms with E-state index in [1.165, 1.54) is 16.9 Å². The molecule has 0 bridgehead atoms. The predicted octanol–water partition coefficient (Wildman–Crippen LogP) is 3.68. The van der Waals surface area contributed by atoms with Gasteiger partial charge in [-0.25, -0.2) is 0 Å². The van der Waals surface area contributed by atoms with Gasteiger partial charge in [0.05, 0.1) is 40.5 Å². The number of carbonyl (C=O) groups excluding carboxylic acids is 1. The van der Waals surface area contributed by atoms with Crippen LogP contribution in [-0.2, 0) is 17.9 Å². The van der Waals surface area contributed by atoms with Gasteiger partial charge in [-0.2, -0.15) is 9.78 Å². The van der Waals surface area contributed by atoms with Crippen LogP contribution < -0.4 is 5.32 Å². The van der Waals surface area contributed by atoms with Crippen molar-refractivity contribution in [2.45, 2.75) is 26.4 Å². The van der Waals surface area contributed by atoms with Gasteiger partial charge in [-0.15, -0.1) is 0 Å². The van der Waals surface area contributed by atoms with E-state index in [-0.39, 0.29) is 24.7 Å². The molecule has 0 unspecified atom stereocenters. The highest BCUT2D eigenvalue weighted by atomic mass is 35.5. The molecule has 0 radical (unpaired) electrons. The van der Waals surface area contributed by atoms with Crippen molar-refractivity contribution in [3.63, 3.8) is 0 Å². The summed E-state index contributed by atoms with van der Waals surface area (Å²) in [6.45, 7) is 2.58.